The van der Waals surface area contributed by atoms with Crippen molar-refractivity contribution in [2.24, 2.45) is 0 Å². The Morgan fingerprint density at radius 3 is 2.69 bits per heavy atom. The van der Waals surface area contributed by atoms with E-state index in [0.29, 0.717) is 0 Å². The standard InChI is InChI=1S/C10H15NOS/c1-11-5-3-10(12,4-6-11)9-2-7-13-8-9/h2,7-8,12H,3-6H2,1H3. The van der Waals surface area contributed by atoms with E-state index in [1.165, 1.54) is 0 Å². The zero-order valence-electron chi connectivity index (χ0n) is 7.86. The summed E-state index contributed by atoms with van der Waals surface area (Å²) in [4.78, 5) is 2.26. The lowest BCUT2D eigenvalue weighted by molar-refractivity contribution is -0.0199. The van der Waals surface area contributed by atoms with Gasteiger partial charge in [0.2, 0.25) is 0 Å². The molecule has 0 bridgehead atoms. The summed E-state index contributed by atoms with van der Waals surface area (Å²) in [5.41, 5.74) is 0.553. The molecule has 72 valence electrons. The van der Waals surface area contributed by atoms with Gasteiger partial charge < -0.3 is 10.0 Å². The maximum absolute atomic E-state index is 10.3. The van der Waals surface area contributed by atoms with Crippen LogP contribution in [-0.4, -0.2) is 30.1 Å². The maximum Gasteiger partial charge on any atom is 0.0928 e. The van der Waals surface area contributed by atoms with E-state index in [9.17, 15) is 5.11 Å². The van der Waals surface area contributed by atoms with Crippen molar-refractivity contribution in [3.63, 3.8) is 0 Å². The molecule has 1 aromatic heterocycles. The molecule has 0 unspecified atom stereocenters. The van der Waals surface area contributed by atoms with E-state index in [4.69, 9.17) is 0 Å². The molecule has 2 rings (SSSR count). The van der Waals surface area contributed by atoms with Gasteiger partial charge in [0.15, 0.2) is 0 Å². The number of nitrogens with zero attached hydrogens (tertiary/aromatic N) is 1. The number of likely N-dealkylation sites (tertiary alicyclic amines) is 1. The van der Waals surface area contributed by atoms with Crippen LogP contribution in [0.5, 0.6) is 0 Å². The topological polar surface area (TPSA) is 23.5 Å². The highest BCUT2D eigenvalue weighted by Gasteiger charge is 2.32. The fraction of sp³-hybridized carbons (Fsp3) is 0.600. The van der Waals surface area contributed by atoms with Crippen molar-refractivity contribution in [1.82, 2.24) is 4.90 Å². The van der Waals surface area contributed by atoms with Crippen molar-refractivity contribution in [1.29, 1.82) is 0 Å². The van der Waals surface area contributed by atoms with Crippen LogP contribution in [0.1, 0.15) is 18.4 Å². The molecule has 1 saturated heterocycles. The van der Waals surface area contributed by atoms with E-state index in [1.54, 1.807) is 11.3 Å². The van der Waals surface area contributed by atoms with Crippen LogP contribution in [0.4, 0.5) is 0 Å². The van der Waals surface area contributed by atoms with Gasteiger partial charge in [-0.25, -0.2) is 0 Å². The van der Waals surface area contributed by atoms with Crippen LogP contribution in [-0.2, 0) is 5.60 Å². The van der Waals surface area contributed by atoms with Gasteiger partial charge in [0.1, 0.15) is 0 Å². The molecule has 0 amide bonds. The van der Waals surface area contributed by atoms with Gasteiger partial charge in [-0.2, -0.15) is 11.3 Å². The van der Waals surface area contributed by atoms with Crippen molar-refractivity contribution >= 4 is 11.3 Å². The molecule has 0 atom stereocenters. The summed E-state index contributed by atoms with van der Waals surface area (Å²) in [6.07, 6.45) is 1.72. The zero-order valence-corrected chi connectivity index (χ0v) is 8.68. The van der Waals surface area contributed by atoms with Crippen LogP contribution in [0.2, 0.25) is 0 Å². The lowest BCUT2D eigenvalue weighted by atomic mass is 9.86. The summed E-state index contributed by atoms with van der Waals surface area (Å²) >= 11 is 1.66. The molecule has 1 aliphatic heterocycles. The van der Waals surface area contributed by atoms with Crippen molar-refractivity contribution in [2.75, 3.05) is 20.1 Å². The average molecular weight is 197 g/mol. The van der Waals surface area contributed by atoms with Crippen molar-refractivity contribution in [2.45, 2.75) is 18.4 Å². The third kappa shape index (κ3) is 1.77. The first-order valence-corrected chi connectivity index (χ1v) is 5.59. The molecule has 2 heterocycles. The van der Waals surface area contributed by atoms with Gasteiger partial charge in [-0.15, -0.1) is 0 Å². The second kappa shape index (κ2) is 3.40. The highest BCUT2D eigenvalue weighted by Crippen LogP contribution is 2.33. The number of hydrogen-bond acceptors (Lipinski definition) is 3. The number of thiophene rings is 1. The Morgan fingerprint density at radius 2 is 2.15 bits per heavy atom. The summed E-state index contributed by atoms with van der Waals surface area (Å²) < 4.78 is 0. The molecule has 1 fully saturated rings. The third-order valence-electron chi connectivity index (χ3n) is 2.87. The van der Waals surface area contributed by atoms with Gasteiger partial charge in [0.05, 0.1) is 5.60 Å². The van der Waals surface area contributed by atoms with E-state index in [-0.39, 0.29) is 0 Å². The second-order valence-corrected chi connectivity index (χ2v) is 4.63. The minimum atomic E-state index is -0.549. The number of hydrogen-bond donors (Lipinski definition) is 1. The smallest absolute Gasteiger partial charge is 0.0928 e. The Hall–Kier alpha value is -0.380. The maximum atomic E-state index is 10.3. The highest BCUT2D eigenvalue weighted by atomic mass is 32.1. The number of rotatable bonds is 1. The largest absolute Gasteiger partial charge is 0.385 e. The fourth-order valence-corrected chi connectivity index (χ4v) is 2.55. The molecule has 1 aliphatic rings. The first kappa shape index (κ1) is 9.19. The van der Waals surface area contributed by atoms with Crippen molar-refractivity contribution < 1.29 is 5.11 Å². The average Bonchev–Trinajstić information content (AvgIpc) is 2.63. The monoisotopic (exact) mass is 197 g/mol. The van der Waals surface area contributed by atoms with Crippen LogP contribution in [0.3, 0.4) is 0 Å². The van der Waals surface area contributed by atoms with E-state index in [2.05, 4.69) is 17.3 Å². The molecule has 1 aromatic rings. The molecule has 0 aliphatic carbocycles. The van der Waals surface area contributed by atoms with E-state index >= 15 is 0 Å². The summed E-state index contributed by atoms with van der Waals surface area (Å²) in [7, 11) is 2.10. The quantitative estimate of drug-likeness (QED) is 0.740. The predicted molar refractivity (Wildman–Crippen MR) is 54.9 cm³/mol. The van der Waals surface area contributed by atoms with Crippen LogP contribution in [0, 0.1) is 0 Å². The second-order valence-electron chi connectivity index (χ2n) is 3.85. The molecule has 0 radical (unpaired) electrons. The normalized spacial score (nSPS) is 23.2. The molecule has 0 aromatic carbocycles. The molecule has 3 heteroatoms. The van der Waals surface area contributed by atoms with Crippen LogP contribution in [0.15, 0.2) is 16.8 Å². The van der Waals surface area contributed by atoms with Crippen LogP contribution >= 0.6 is 11.3 Å². The third-order valence-corrected chi connectivity index (χ3v) is 3.56. The molecular weight excluding hydrogens is 182 g/mol. The SMILES string of the molecule is CN1CCC(O)(c2ccsc2)CC1. The molecule has 2 nitrogen and oxygen atoms in total. The summed E-state index contributed by atoms with van der Waals surface area (Å²) in [6, 6.07) is 2.04. The minimum Gasteiger partial charge on any atom is -0.385 e. The Kier molecular flexibility index (Phi) is 2.41. The predicted octanol–water partition coefficient (Wildman–Crippen LogP) is 1.66. The van der Waals surface area contributed by atoms with Gasteiger partial charge in [0, 0.05) is 13.1 Å². The molecular formula is C10H15NOS. The van der Waals surface area contributed by atoms with E-state index in [1.807, 2.05) is 11.4 Å². The Morgan fingerprint density at radius 1 is 1.46 bits per heavy atom. The van der Waals surface area contributed by atoms with Gasteiger partial charge >= 0.3 is 0 Å². The van der Waals surface area contributed by atoms with E-state index in [0.717, 1.165) is 31.5 Å². The lowest BCUT2D eigenvalue weighted by Crippen LogP contribution is -2.40. The summed E-state index contributed by atoms with van der Waals surface area (Å²) in [5, 5.41) is 14.4. The van der Waals surface area contributed by atoms with E-state index < -0.39 is 5.60 Å². The van der Waals surface area contributed by atoms with Crippen LogP contribution in [0.25, 0.3) is 0 Å². The molecule has 13 heavy (non-hydrogen) atoms. The minimum absolute atomic E-state index is 0.549. The lowest BCUT2D eigenvalue weighted by Gasteiger charge is -2.36. The van der Waals surface area contributed by atoms with Gasteiger partial charge in [-0.3, -0.25) is 0 Å². The zero-order chi connectivity index (χ0) is 9.31. The number of aliphatic hydroxyl groups is 1. The summed E-state index contributed by atoms with van der Waals surface area (Å²) in [6.45, 7) is 1.98. The van der Waals surface area contributed by atoms with Crippen molar-refractivity contribution in [3.05, 3.63) is 22.4 Å². The Labute approximate surface area is 82.8 Å². The first-order valence-electron chi connectivity index (χ1n) is 4.64. The van der Waals surface area contributed by atoms with Crippen molar-refractivity contribution in [3.8, 4) is 0 Å². The van der Waals surface area contributed by atoms with Crippen LogP contribution < -0.4 is 0 Å². The fourth-order valence-electron chi connectivity index (χ4n) is 1.81. The van der Waals surface area contributed by atoms with Gasteiger partial charge in [-0.1, -0.05) is 0 Å². The highest BCUT2D eigenvalue weighted by molar-refractivity contribution is 7.08. The Bertz CT molecular complexity index is 262. The first-order chi connectivity index (χ1) is 6.21. The summed E-state index contributed by atoms with van der Waals surface area (Å²) in [5.74, 6) is 0. The van der Waals surface area contributed by atoms with Gasteiger partial charge in [0.25, 0.3) is 0 Å². The number of piperidine rings is 1. The Balaban J connectivity index is 2.13. The molecule has 0 saturated carbocycles. The molecule has 1 N–H and O–H groups in total. The van der Waals surface area contributed by atoms with Gasteiger partial charge in [-0.05, 0) is 42.3 Å². The molecule has 0 spiro atoms.